The summed E-state index contributed by atoms with van der Waals surface area (Å²) in [5.74, 6) is 0. The first-order valence-electron chi connectivity index (χ1n) is 6.48. The van der Waals surface area contributed by atoms with Gasteiger partial charge < -0.3 is 4.98 Å². The fraction of sp³-hybridized carbons (Fsp3) is 0. The van der Waals surface area contributed by atoms with Crippen LogP contribution < -0.4 is 0 Å². The van der Waals surface area contributed by atoms with Crippen molar-refractivity contribution in [3.8, 4) is 11.1 Å². The number of hydrogen-bond acceptors (Lipinski definition) is 0. The third-order valence-corrected chi connectivity index (χ3v) is 3.67. The van der Waals surface area contributed by atoms with Gasteiger partial charge in [-0.25, -0.2) is 0 Å². The Labute approximate surface area is 111 Å². The quantitative estimate of drug-likeness (QED) is 0.485. The van der Waals surface area contributed by atoms with Gasteiger partial charge in [0.2, 0.25) is 0 Å². The van der Waals surface area contributed by atoms with Crippen LogP contribution in [0.5, 0.6) is 0 Å². The first-order valence-corrected chi connectivity index (χ1v) is 6.48. The summed E-state index contributed by atoms with van der Waals surface area (Å²) < 4.78 is 0. The zero-order valence-electron chi connectivity index (χ0n) is 10.4. The lowest BCUT2D eigenvalue weighted by atomic mass is 9.98. The number of para-hydroxylation sites is 1. The Morgan fingerprint density at radius 1 is 0.579 bits per heavy atom. The zero-order chi connectivity index (χ0) is 12.7. The van der Waals surface area contributed by atoms with E-state index in [4.69, 9.17) is 0 Å². The van der Waals surface area contributed by atoms with Gasteiger partial charge in [0.15, 0.2) is 0 Å². The summed E-state index contributed by atoms with van der Waals surface area (Å²) in [5.41, 5.74) is 3.74. The van der Waals surface area contributed by atoms with E-state index in [-0.39, 0.29) is 0 Å². The highest BCUT2D eigenvalue weighted by atomic mass is 14.7. The van der Waals surface area contributed by atoms with Crippen molar-refractivity contribution >= 4 is 21.7 Å². The van der Waals surface area contributed by atoms with Crippen LogP contribution in [-0.2, 0) is 0 Å². The van der Waals surface area contributed by atoms with Crippen molar-refractivity contribution in [2.24, 2.45) is 0 Å². The molecule has 0 spiro atoms. The predicted molar refractivity (Wildman–Crippen MR) is 81.2 cm³/mol. The number of aromatic nitrogens is 1. The van der Waals surface area contributed by atoms with Crippen LogP contribution in [0.4, 0.5) is 0 Å². The maximum absolute atomic E-state index is 3.35. The fourth-order valence-corrected chi connectivity index (χ4v) is 2.75. The van der Waals surface area contributed by atoms with Gasteiger partial charge in [0.1, 0.15) is 0 Å². The van der Waals surface area contributed by atoms with E-state index in [1.807, 2.05) is 0 Å². The van der Waals surface area contributed by atoms with Crippen LogP contribution in [0.25, 0.3) is 32.8 Å². The zero-order valence-corrected chi connectivity index (χ0v) is 10.4. The van der Waals surface area contributed by atoms with Crippen LogP contribution >= 0.6 is 0 Å². The van der Waals surface area contributed by atoms with E-state index in [2.05, 4.69) is 77.9 Å². The van der Waals surface area contributed by atoms with Gasteiger partial charge in [-0.2, -0.15) is 0 Å². The van der Waals surface area contributed by atoms with Crippen LogP contribution in [0.3, 0.4) is 0 Å². The van der Waals surface area contributed by atoms with Crippen molar-refractivity contribution in [2.45, 2.75) is 0 Å². The largest absolute Gasteiger partial charge is 0.361 e. The van der Waals surface area contributed by atoms with Gasteiger partial charge in [-0.05, 0) is 22.4 Å². The number of H-pyrrole nitrogens is 1. The SMILES string of the molecule is c1ccc2c(-c3c[nH]c4ccccc34)cccc2c1. The molecule has 0 unspecified atom stereocenters. The summed E-state index contributed by atoms with van der Waals surface area (Å²) >= 11 is 0. The summed E-state index contributed by atoms with van der Waals surface area (Å²) in [7, 11) is 0. The van der Waals surface area contributed by atoms with Gasteiger partial charge in [0, 0.05) is 22.7 Å². The molecule has 0 fully saturated rings. The van der Waals surface area contributed by atoms with Gasteiger partial charge >= 0.3 is 0 Å². The van der Waals surface area contributed by atoms with Crippen LogP contribution in [-0.4, -0.2) is 4.98 Å². The summed E-state index contributed by atoms with van der Waals surface area (Å²) in [6, 6.07) is 23.4. The normalized spacial score (nSPS) is 11.2. The number of benzene rings is 3. The molecule has 0 atom stereocenters. The van der Waals surface area contributed by atoms with Crippen LogP contribution in [0.15, 0.2) is 72.9 Å². The fourth-order valence-electron chi connectivity index (χ4n) is 2.75. The molecule has 4 rings (SSSR count). The van der Waals surface area contributed by atoms with Crippen LogP contribution in [0.2, 0.25) is 0 Å². The standard InChI is InChI=1S/C18H13N/c1-2-8-14-13(6-1)7-5-10-15(14)17-12-19-18-11-4-3-9-16(17)18/h1-12,19H. The lowest BCUT2D eigenvalue weighted by Gasteiger charge is -2.05. The molecule has 0 aliphatic rings. The molecule has 1 heteroatoms. The number of hydrogen-bond donors (Lipinski definition) is 1. The molecule has 90 valence electrons. The summed E-state index contributed by atoms with van der Waals surface area (Å²) in [6.07, 6.45) is 2.10. The first-order chi connectivity index (χ1) is 9.43. The Kier molecular flexibility index (Phi) is 2.18. The highest BCUT2D eigenvalue weighted by molar-refractivity contribution is 6.04. The third kappa shape index (κ3) is 1.55. The molecule has 0 aliphatic heterocycles. The van der Waals surface area contributed by atoms with E-state index in [1.54, 1.807) is 0 Å². The lowest BCUT2D eigenvalue weighted by molar-refractivity contribution is 1.48. The molecule has 1 heterocycles. The molecule has 0 amide bonds. The second kappa shape index (κ2) is 3.99. The summed E-state index contributed by atoms with van der Waals surface area (Å²) in [4.78, 5) is 3.35. The first kappa shape index (κ1) is 10.4. The minimum atomic E-state index is 1.19. The average molecular weight is 243 g/mol. The highest BCUT2D eigenvalue weighted by Crippen LogP contribution is 2.33. The summed E-state index contributed by atoms with van der Waals surface area (Å²) in [5, 5.41) is 3.86. The monoisotopic (exact) mass is 243 g/mol. The Bertz CT molecular complexity index is 866. The molecule has 0 bridgehead atoms. The molecule has 0 saturated carbocycles. The minimum Gasteiger partial charge on any atom is -0.361 e. The molecular weight excluding hydrogens is 230 g/mol. The van der Waals surface area contributed by atoms with Crippen molar-refractivity contribution in [3.63, 3.8) is 0 Å². The van der Waals surface area contributed by atoms with Crippen molar-refractivity contribution in [3.05, 3.63) is 72.9 Å². The van der Waals surface area contributed by atoms with E-state index in [0.29, 0.717) is 0 Å². The molecule has 3 aromatic carbocycles. The number of rotatable bonds is 1. The molecule has 1 nitrogen and oxygen atoms in total. The highest BCUT2D eigenvalue weighted by Gasteiger charge is 2.08. The van der Waals surface area contributed by atoms with E-state index < -0.39 is 0 Å². The summed E-state index contributed by atoms with van der Waals surface area (Å²) in [6.45, 7) is 0. The average Bonchev–Trinajstić information content (AvgIpc) is 2.90. The van der Waals surface area contributed by atoms with Gasteiger partial charge in [0.05, 0.1) is 0 Å². The maximum atomic E-state index is 3.35. The molecule has 0 saturated heterocycles. The van der Waals surface area contributed by atoms with E-state index in [9.17, 15) is 0 Å². The second-order valence-electron chi connectivity index (χ2n) is 4.77. The van der Waals surface area contributed by atoms with E-state index in [1.165, 1.54) is 32.8 Å². The molecule has 1 aromatic heterocycles. The van der Waals surface area contributed by atoms with Crippen LogP contribution in [0.1, 0.15) is 0 Å². The topological polar surface area (TPSA) is 15.8 Å². The molecule has 19 heavy (non-hydrogen) atoms. The Hall–Kier alpha value is -2.54. The maximum Gasteiger partial charge on any atom is 0.0460 e. The number of fused-ring (bicyclic) bond motifs is 2. The molecule has 0 radical (unpaired) electrons. The Balaban J connectivity index is 2.10. The van der Waals surface area contributed by atoms with E-state index >= 15 is 0 Å². The van der Waals surface area contributed by atoms with Crippen LogP contribution in [0, 0.1) is 0 Å². The van der Waals surface area contributed by atoms with Crippen molar-refractivity contribution in [2.75, 3.05) is 0 Å². The van der Waals surface area contributed by atoms with Crippen molar-refractivity contribution in [1.82, 2.24) is 4.98 Å². The van der Waals surface area contributed by atoms with Gasteiger partial charge in [-0.3, -0.25) is 0 Å². The van der Waals surface area contributed by atoms with Gasteiger partial charge in [-0.1, -0.05) is 60.7 Å². The second-order valence-corrected chi connectivity index (χ2v) is 4.77. The number of aromatic amines is 1. The minimum absolute atomic E-state index is 1.19. The molecular formula is C18H13N. The Morgan fingerprint density at radius 3 is 2.26 bits per heavy atom. The molecule has 0 aliphatic carbocycles. The third-order valence-electron chi connectivity index (χ3n) is 3.67. The smallest absolute Gasteiger partial charge is 0.0460 e. The van der Waals surface area contributed by atoms with Gasteiger partial charge in [0.25, 0.3) is 0 Å². The molecule has 1 N–H and O–H groups in total. The van der Waals surface area contributed by atoms with Crippen molar-refractivity contribution < 1.29 is 0 Å². The number of nitrogens with one attached hydrogen (secondary N) is 1. The predicted octanol–water partition coefficient (Wildman–Crippen LogP) is 4.99. The Morgan fingerprint density at radius 2 is 1.32 bits per heavy atom. The van der Waals surface area contributed by atoms with Gasteiger partial charge in [-0.15, -0.1) is 0 Å². The van der Waals surface area contributed by atoms with E-state index in [0.717, 1.165) is 0 Å². The molecule has 4 aromatic rings. The lowest BCUT2D eigenvalue weighted by Crippen LogP contribution is -1.79. The van der Waals surface area contributed by atoms with Crippen molar-refractivity contribution in [1.29, 1.82) is 0 Å².